The Bertz CT molecular complexity index is 921. The van der Waals surface area contributed by atoms with E-state index in [0.29, 0.717) is 18.0 Å². The van der Waals surface area contributed by atoms with Gasteiger partial charge in [-0.15, -0.1) is 0 Å². The fourth-order valence-corrected chi connectivity index (χ4v) is 5.43. The van der Waals surface area contributed by atoms with Crippen molar-refractivity contribution in [1.29, 1.82) is 0 Å². The van der Waals surface area contributed by atoms with E-state index in [9.17, 15) is 4.79 Å². The topological polar surface area (TPSA) is 48.0 Å². The molecule has 1 aliphatic carbocycles. The minimum absolute atomic E-state index is 0.0264. The Kier molecular flexibility index (Phi) is 8.06. The number of esters is 1. The van der Waals surface area contributed by atoms with E-state index >= 15 is 0 Å². The second kappa shape index (κ2) is 10.6. The third kappa shape index (κ3) is 5.52. The van der Waals surface area contributed by atoms with Gasteiger partial charge in [0.25, 0.3) is 0 Å². The summed E-state index contributed by atoms with van der Waals surface area (Å²) in [6.45, 7) is 9.63. The van der Waals surface area contributed by atoms with E-state index in [1.807, 2.05) is 18.2 Å². The Morgan fingerprint density at radius 3 is 2.24 bits per heavy atom. The van der Waals surface area contributed by atoms with Crippen molar-refractivity contribution < 1.29 is 19.0 Å². The van der Waals surface area contributed by atoms with Crippen molar-refractivity contribution in [2.24, 2.45) is 17.3 Å². The van der Waals surface area contributed by atoms with Gasteiger partial charge in [0, 0.05) is 18.6 Å². The maximum atomic E-state index is 13.1. The lowest BCUT2D eigenvalue weighted by atomic mass is 9.74. The Hall–Kier alpha value is -2.53. The van der Waals surface area contributed by atoms with Gasteiger partial charge in [0.15, 0.2) is 11.5 Å². The highest BCUT2D eigenvalue weighted by Gasteiger charge is 2.49. The number of methoxy groups -OCH3 is 3. The van der Waals surface area contributed by atoms with Crippen molar-refractivity contribution in [2.45, 2.75) is 59.2 Å². The van der Waals surface area contributed by atoms with Crippen LogP contribution in [0, 0.1) is 17.3 Å². The number of rotatable bonds is 8. The average molecular weight is 454 g/mol. The molecule has 2 aromatic carbocycles. The Morgan fingerprint density at radius 1 is 1.00 bits per heavy atom. The number of ether oxygens (including phenoxy) is 3. The van der Waals surface area contributed by atoms with Gasteiger partial charge >= 0.3 is 5.97 Å². The molecule has 0 amide bonds. The molecule has 0 heterocycles. The van der Waals surface area contributed by atoms with Crippen molar-refractivity contribution in [1.82, 2.24) is 4.90 Å². The molecule has 1 saturated carbocycles. The smallest absolute Gasteiger partial charge is 0.310 e. The first-order valence-electron chi connectivity index (χ1n) is 11.8. The van der Waals surface area contributed by atoms with Gasteiger partial charge in [-0.3, -0.25) is 9.69 Å². The molecule has 0 aromatic heterocycles. The second-order valence-corrected chi connectivity index (χ2v) is 10.1. The van der Waals surface area contributed by atoms with Crippen molar-refractivity contribution in [2.75, 3.05) is 21.3 Å². The maximum absolute atomic E-state index is 13.1. The molecule has 180 valence electrons. The van der Waals surface area contributed by atoms with Gasteiger partial charge in [-0.1, -0.05) is 57.2 Å². The molecule has 0 N–H and O–H groups in total. The fourth-order valence-electron chi connectivity index (χ4n) is 5.43. The molecule has 0 unspecified atom stereocenters. The third-order valence-electron chi connectivity index (χ3n) is 7.23. The summed E-state index contributed by atoms with van der Waals surface area (Å²) in [7, 11) is 4.81. The standard InChI is InChI=1S/C28H39NO4/c1-19(21-11-9-8-10-12-21)29(18-20-13-16-24(31-5)25(17-20)32-6)23-15-14-22(28(2,3)4)26(23)27(30)33-7/h8-13,16-17,19,22-23,26H,14-15,18H2,1-7H3/t19-,22+,23+,26-/m0/s1. The first-order chi connectivity index (χ1) is 15.7. The molecule has 0 aliphatic heterocycles. The van der Waals surface area contributed by atoms with Gasteiger partial charge < -0.3 is 14.2 Å². The van der Waals surface area contributed by atoms with Crippen LogP contribution < -0.4 is 9.47 Å². The van der Waals surface area contributed by atoms with E-state index < -0.39 is 0 Å². The van der Waals surface area contributed by atoms with Crippen molar-refractivity contribution in [3.63, 3.8) is 0 Å². The number of hydrogen-bond acceptors (Lipinski definition) is 5. The fraction of sp³-hybridized carbons (Fsp3) is 0.536. The molecule has 1 fully saturated rings. The highest BCUT2D eigenvalue weighted by Crippen LogP contribution is 2.48. The first kappa shape index (κ1) is 25.1. The Morgan fingerprint density at radius 2 is 1.67 bits per heavy atom. The lowest BCUT2D eigenvalue weighted by Crippen LogP contribution is -2.45. The molecular weight excluding hydrogens is 414 g/mol. The number of carbonyl (C=O) groups excluding carboxylic acids is 1. The van der Waals surface area contributed by atoms with E-state index in [4.69, 9.17) is 14.2 Å². The molecule has 1 aliphatic rings. The summed E-state index contributed by atoms with van der Waals surface area (Å²) < 4.78 is 16.3. The van der Waals surface area contributed by atoms with Crippen molar-refractivity contribution in [3.8, 4) is 11.5 Å². The van der Waals surface area contributed by atoms with Gasteiger partial charge in [0.1, 0.15) is 0 Å². The van der Waals surface area contributed by atoms with Crippen LogP contribution in [0.5, 0.6) is 11.5 Å². The molecule has 2 aromatic rings. The largest absolute Gasteiger partial charge is 0.493 e. The van der Waals surface area contributed by atoms with E-state index in [-0.39, 0.29) is 35.3 Å². The van der Waals surface area contributed by atoms with Crippen LogP contribution in [0.25, 0.3) is 0 Å². The summed E-state index contributed by atoms with van der Waals surface area (Å²) in [6, 6.07) is 16.8. The van der Waals surface area contributed by atoms with Crippen LogP contribution in [0.4, 0.5) is 0 Å². The molecule has 5 nitrogen and oxygen atoms in total. The van der Waals surface area contributed by atoms with Gasteiger partial charge in [-0.25, -0.2) is 0 Å². The van der Waals surface area contributed by atoms with Crippen LogP contribution in [-0.4, -0.2) is 38.2 Å². The molecule has 4 atom stereocenters. The van der Waals surface area contributed by atoms with Crippen LogP contribution in [0.2, 0.25) is 0 Å². The number of nitrogens with zero attached hydrogens (tertiary/aromatic N) is 1. The third-order valence-corrected chi connectivity index (χ3v) is 7.23. The number of benzene rings is 2. The molecule has 0 bridgehead atoms. The summed E-state index contributed by atoms with van der Waals surface area (Å²) in [5.41, 5.74) is 2.39. The summed E-state index contributed by atoms with van der Waals surface area (Å²) in [6.07, 6.45) is 1.98. The summed E-state index contributed by atoms with van der Waals surface area (Å²) >= 11 is 0. The lowest BCUT2D eigenvalue weighted by molar-refractivity contribution is -0.151. The minimum Gasteiger partial charge on any atom is -0.493 e. The monoisotopic (exact) mass is 453 g/mol. The normalized spacial score (nSPS) is 21.6. The van der Waals surface area contributed by atoms with Crippen molar-refractivity contribution in [3.05, 3.63) is 59.7 Å². The highest BCUT2D eigenvalue weighted by atomic mass is 16.5. The zero-order chi connectivity index (χ0) is 24.2. The predicted octanol–water partition coefficient (Wildman–Crippen LogP) is 5.88. The lowest BCUT2D eigenvalue weighted by Gasteiger charge is -2.40. The molecule has 33 heavy (non-hydrogen) atoms. The summed E-state index contributed by atoms with van der Waals surface area (Å²) in [4.78, 5) is 15.6. The van der Waals surface area contributed by atoms with E-state index in [2.05, 4.69) is 62.9 Å². The molecule has 3 rings (SSSR count). The molecule has 0 saturated heterocycles. The van der Waals surface area contributed by atoms with E-state index in [0.717, 1.165) is 18.4 Å². The van der Waals surface area contributed by atoms with Crippen LogP contribution in [0.15, 0.2) is 48.5 Å². The van der Waals surface area contributed by atoms with Crippen LogP contribution in [0.1, 0.15) is 57.7 Å². The van der Waals surface area contributed by atoms with Crippen molar-refractivity contribution >= 4 is 5.97 Å². The number of carbonyl (C=O) groups is 1. The summed E-state index contributed by atoms with van der Waals surface area (Å²) in [5, 5.41) is 0. The number of hydrogen-bond donors (Lipinski definition) is 0. The van der Waals surface area contributed by atoms with Crippen LogP contribution in [0.3, 0.4) is 0 Å². The first-order valence-corrected chi connectivity index (χ1v) is 11.8. The van der Waals surface area contributed by atoms with Crippen LogP contribution in [-0.2, 0) is 16.1 Å². The quantitative estimate of drug-likeness (QED) is 0.467. The second-order valence-electron chi connectivity index (χ2n) is 10.1. The van der Waals surface area contributed by atoms with Crippen LogP contribution >= 0.6 is 0 Å². The van der Waals surface area contributed by atoms with E-state index in [1.54, 1.807) is 14.2 Å². The average Bonchev–Trinajstić information content (AvgIpc) is 3.27. The zero-order valence-electron chi connectivity index (χ0n) is 21.1. The van der Waals surface area contributed by atoms with Gasteiger partial charge in [0.05, 0.1) is 27.2 Å². The zero-order valence-corrected chi connectivity index (χ0v) is 21.1. The minimum atomic E-state index is -0.165. The SMILES string of the molecule is COC(=O)[C@@H]1[C@H](N(Cc2ccc(OC)c(OC)c2)[C@@H](C)c2ccccc2)CC[C@H]1C(C)(C)C. The van der Waals surface area contributed by atoms with Gasteiger partial charge in [-0.05, 0) is 54.4 Å². The van der Waals surface area contributed by atoms with E-state index in [1.165, 1.54) is 12.7 Å². The Labute approximate surface area is 199 Å². The molecule has 0 spiro atoms. The Balaban J connectivity index is 2.02. The van der Waals surface area contributed by atoms with Gasteiger partial charge in [0.2, 0.25) is 0 Å². The summed E-state index contributed by atoms with van der Waals surface area (Å²) in [5.74, 6) is 1.43. The molecular formula is C28H39NO4. The molecule has 5 heteroatoms. The maximum Gasteiger partial charge on any atom is 0.310 e. The predicted molar refractivity (Wildman–Crippen MR) is 131 cm³/mol. The van der Waals surface area contributed by atoms with Gasteiger partial charge in [-0.2, -0.15) is 0 Å². The molecule has 0 radical (unpaired) electrons. The highest BCUT2D eigenvalue weighted by molar-refractivity contribution is 5.74.